The van der Waals surface area contributed by atoms with Crippen LogP contribution in [0.5, 0.6) is 5.75 Å². The van der Waals surface area contributed by atoms with Crippen molar-refractivity contribution in [3.05, 3.63) is 45.8 Å². The number of carbonyl (C=O) groups excluding carboxylic acids is 1. The molecule has 4 nitrogen and oxygen atoms in total. The maximum absolute atomic E-state index is 11.3. The van der Waals surface area contributed by atoms with Gasteiger partial charge in [-0.1, -0.05) is 47.5 Å². The molecule has 2 N–H and O–H groups in total. The zero-order valence-electron chi connectivity index (χ0n) is 14.1. The van der Waals surface area contributed by atoms with Crippen LogP contribution in [0.3, 0.4) is 0 Å². The number of benzene rings is 2. The van der Waals surface area contributed by atoms with Crippen LogP contribution in [0.4, 0.5) is 5.69 Å². The molecule has 0 saturated carbocycles. The van der Waals surface area contributed by atoms with E-state index in [9.17, 15) is 9.90 Å². The lowest BCUT2D eigenvalue weighted by molar-refractivity contribution is -0.140. The molecule has 0 atom stereocenters. The maximum Gasteiger partial charge on any atom is 0.306 e. The van der Waals surface area contributed by atoms with Gasteiger partial charge in [-0.15, -0.1) is 23.1 Å². The summed E-state index contributed by atoms with van der Waals surface area (Å²) in [6.07, 6.45) is 0.275. The van der Waals surface area contributed by atoms with Crippen molar-refractivity contribution >= 4 is 80.7 Å². The Labute approximate surface area is 179 Å². The van der Waals surface area contributed by atoms with E-state index in [1.165, 1.54) is 42.2 Å². The summed E-state index contributed by atoms with van der Waals surface area (Å²) >= 11 is 16.2. The number of halogens is 2. The lowest BCUT2D eigenvalue weighted by Crippen LogP contribution is -2.01. The van der Waals surface area contributed by atoms with Gasteiger partial charge in [0.25, 0.3) is 0 Å². The Morgan fingerprint density at radius 2 is 2.00 bits per heavy atom. The van der Waals surface area contributed by atoms with E-state index in [1.807, 2.05) is 30.3 Å². The second-order valence-corrected chi connectivity index (χ2v) is 9.69. The van der Waals surface area contributed by atoms with Gasteiger partial charge >= 0.3 is 5.97 Å². The third-order valence-electron chi connectivity index (χ3n) is 3.66. The molecule has 0 radical (unpaired) electrons. The minimum Gasteiger partial charge on any atom is -0.506 e. The van der Waals surface area contributed by atoms with Gasteiger partial charge in [0.1, 0.15) is 10.1 Å². The summed E-state index contributed by atoms with van der Waals surface area (Å²) in [5.74, 6) is 0.447. The van der Waals surface area contributed by atoms with E-state index in [-0.39, 0.29) is 18.1 Å². The number of phenolic OH excluding ortho intramolecular Hbond substituents is 1. The molecule has 0 aliphatic rings. The molecule has 9 heteroatoms. The van der Waals surface area contributed by atoms with Gasteiger partial charge in [0.05, 0.1) is 33.3 Å². The lowest BCUT2D eigenvalue weighted by atomic mass is 10.1. The van der Waals surface area contributed by atoms with Crippen molar-refractivity contribution in [3.8, 4) is 5.75 Å². The molecule has 3 aromatic rings. The van der Waals surface area contributed by atoms with Crippen LogP contribution in [0.1, 0.15) is 6.42 Å². The van der Waals surface area contributed by atoms with Crippen molar-refractivity contribution in [3.63, 3.8) is 0 Å². The molecule has 1 aromatic heterocycles. The van der Waals surface area contributed by atoms with Crippen molar-refractivity contribution in [2.24, 2.45) is 0 Å². The Kier molecular flexibility index (Phi) is 7.05. The normalized spacial score (nSPS) is 10.9. The van der Waals surface area contributed by atoms with Crippen molar-refractivity contribution in [1.82, 2.24) is 0 Å². The molecule has 0 spiro atoms. The summed E-state index contributed by atoms with van der Waals surface area (Å²) in [6.45, 7) is 0. The van der Waals surface area contributed by atoms with Gasteiger partial charge in [-0.05, 0) is 24.1 Å². The SMILES string of the molecule is COC(=O)CCSc1cc(NSc2cc(Cl)c(Cl)s2)c2ccccc2c1O. The molecule has 1 heterocycles. The number of aromatic hydroxyl groups is 1. The summed E-state index contributed by atoms with van der Waals surface area (Å²) in [5, 5.41) is 12.8. The zero-order valence-corrected chi connectivity index (χ0v) is 18.1. The second-order valence-electron chi connectivity index (χ2n) is 5.38. The number of fused-ring (bicyclic) bond motifs is 1. The lowest BCUT2D eigenvalue weighted by Gasteiger charge is -2.13. The van der Waals surface area contributed by atoms with Crippen LogP contribution >= 0.6 is 58.2 Å². The zero-order chi connectivity index (χ0) is 19.4. The van der Waals surface area contributed by atoms with Gasteiger partial charge < -0.3 is 14.6 Å². The van der Waals surface area contributed by atoms with Crippen LogP contribution in [-0.4, -0.2) is 23.9 Å². The fraction of sp³-hybridized carbons (Fsp3) is 0.167. The number of thioether (sulfide) groups is 1. The molecular formula is C18H15Cl2NO3S3. The van der Waals surface area contributed by atoms with Crippen molar-refractivity contribution < 1.29 is 14.6 Å². The van der Waals surface area contributed by atoms with E-state index in [2.05, 4.69) is 9.46 Å². The molecule has 0 aliphatic heterocycles. The average Bonchev–Trinajstić information content (AvgIpc) is 3.00. The summed E-state index contributed by atoms with van der Waals surface area (Å²) in [4.78, 5) is 12.0. The first-order valence-electron chi connectivity index (χ1n) is 7.81. The van der Waals surface area contributed by atoms with Crippen molar-refractivity contribution in [2.45, 2.75) is 15.5 Å². The number of methoxy groups -OCH3 is 1. The minimum absolute atomic E-state index is 0.207. The van der Waals surface area contributed by atoms with Crippen LogP contribution in [0.15, 0.2) is 45.5 Å². The number of esters is 1. The van der Waals surface area contributed by atoms with Crippen LogP contribution in [0, 0.1) is 0 Å². The molecule has 0 aliphatic carbocycles. The highest BCUT2D eigenvalue weighted by Crippen LogP contribution is 2.42. The highest BCUT2D eigenvalue weighted by molar-refractivity contribution is 8.02. The standard InChI is InChI=1S/C18H15Cl2NO3S3/c1-24-15(22)6-7-25-14-9-13(10-4-2-3-5-11(10)17(14)23)21-27-16-8-12(19)18(20)26-16/h2-5,8-9,21,23H,6-7H2,1H3. The average molecular weight is 460 g/mol. The van der Waals surface area contributed by atoms with E-state index < -0.39 is 0 Å². The van der Waals surface area contributed by atoms with E-state index in [0.717, 1.165) is 20.7 Å². The van der Waals surface area contributed by atoms with Crippen LogP contribution in [0.2, 0.25) is 9.36 Å². The monoisotopic (exact) mass is 459 g/mol. The maximum atomic E-state index is 11.3. The van der Waals surface area contributed by atoms with Gasteiger partial charge in [-0.3, -0.25) is 4.79 Å². The minimum atomic E-state index is -0.275. The number of anilines is 1. The summed E-state index contributed by atoms with van der Waals surface area (Å²) in [6, 6.07) is 11.3. The van der Waals surface area contributed by atoms with Gasteiger partial charge in [-0.25, -0.2) is 0 Å². The highest BCUT2D eigenvalue weighted by Gasteiger charge is 2.14. The molecule has 27 heavy (non-hydrogen) atoms. The third kappa shape index (κ3) is 4.97. The quantitative estimate of drug-likeness (QED) is 0.177. The van der Waals surface area contributed by atoms with E-state index in [1.54, 1.807) is 6.07 Å². The number of rotatable bonds is 7. The molecule has 3 rings (SSSR count). The van der Waals surface area contributed by atoms with Crippen LogP contribution in [-0.2, 0) is 9.53 Å². The molecule has 0 bridgehead atoms. The summed E-state index contributed by atoms with van der Waals surface area (Å²) in [5.41, 5.74) is 0.856. The van der Waals surface area contributed by atoms with Gasteiger partial charge in [0.2, 0.25) is 0 Å². The first-order chi connectivity index (χ1) is 13.0. The first-order valence-corrected chi connectivity index (χ1v) is 11.2. The van der Waals surface area contributed by atoms with E-state index >= 15 is 0 Å². The topological polar surface area (TPSA) is 58.6 Å². The predicted octanol–water partition coefficient (Wildman–Crippen LogP) is 6.69. The van der Waals surface area contributed by atoms with Crippen molar-refractivity contribution in [2.75, 3.05) is 17.6 Å². The van der Waals surface area contributed by atoms with E-state index in [0.29, 0.717) is 20.0 Å². The Morgan fingerprint density at radius 3 is 2.67 bits per heavy atom. The first kappa shape index (κ1) is 20.5. The van der Waals surface area contributed by atoms with Crippen molar-refractivity contribution in [1.29, 1.82) is 0 Å². The highest BCUT2D eigenvalue weighted by atomic mass is 35.5. The molecule has 0 amide bonds. The Balaban J connectivity index is 1.86. The number of phenols is 1. The molecule has 0 fully saturated rings. The number of thiophene rings is 1. The molecule has 0 unspecified atom stereocenters. The largest absolute Gasteiger partial charge is 0.506 e. The molecule has 2 aromatic carbocycles. The van der Waals surface area contributed by atoms with Crippen LogP contribution < -0.4 is 4.72 Å². The Hall–Kier alpha value is -1.25. The number of nitrogens with one attached hydrogen (secondary N) is 1. The smallest absolute Gasteiger partial charge is 0.306 e. The second kappa shape index (κ2) is 9.30. The summed E-state index contributed by atoms with van der Waals surface area (Å²) < 4.78 is 9.46. The number of ether oxygens (including phenoxy) is 1. The third-order valence-corrected chi connectivity index (χ3v) is 7.49. The van der Waals surface area contributed by atoms with E-state index in [4.69, 9.17) is 23.2 Å². The molecular weight excluding hydrogens is 445 g/mol. The Bertz CT molecular complexity index is 958. The van der Waals surface area contributed by atoms with Gasteiger partial charge in [0.15, 0.2) is 0 Å². The van der Waals surface area contributed by atoms with Gasteiger partial charge in [-0.2, -0.15) is 0 Å². The van der Waals surface area contributed by atoms with Gasteiger partial charge in [0, 0.05) is 16.5 Å². The van der Waals surface area contributed by atoms with Crippen LogP contribution in [0.25, 0.3) is 10.8 Å². The molecule has 0 saturated heterocycles. The Morgan fingerprint density at radius 1 is 1.26 bits per heavy atom. The predicted molar refractivity (Wildman–Crippen MR) is 117 cm³/mol. The molecule has 142 valence electrons. The number of hydrogen-bond donors (Lipinski definition) is 2. The number of carbonyl (C=O) groups is 1. The number of hydrogen-bond acceptors (Lipinski definition) is 7. The summed E-state index contributed by atoms with van der Waals surface area (Å²) in [7, 11) is 1.36. The fourth-order valence-corrected chi connectivity index (χ4v) is 5.70. The fourth-order valence-electron chi connectivity index (χ4n) is 2.36.